The largest absolute Gasteiger partial charge is 0.372 e. The van der Waals surface area contributed by atoms with Crippen molar-refractivity contribution in [3.8, 4) is 0 Å². The summed E-state index contributed by atoms with van der Waals surface area (Å²) in [5.74, 6) is 0.856. The van der Waals surface area contributed by atoms with E-state index in [1.165, 1.54) is 6.42 Å². The summed E-state index contributed by atoms with van der Waals surface area (Å²) < 4.78 is 5.69. The number of rotatable bonds is 2. The van der Waals surface area contributed by atoms with Crippen LogP contribution in [0.1, 0.15) is 46.5 Å². The van der Waals surface area contributed by atoms with Gasteiger partial charge in [-0.3, -0.25) is 4.79 Å². The van der Waals surface area contributed by atoms with Gasteiger partial charge >= 0.3 is 0 Å². The predicted molar refractivity (Wildman–Crippen MR) is 75.7 cm³/mol. The number of hydrogen-bond donors (Lipinski definition) is 1. The van der Waals surface area contributed by atoms with Crippen LogP contribution in [0.3, 0.4) is 0 Å². The van der Waals surface area contributed by atoms with Crippen molar-refractivity contribution in [1.29, 1.82) is 0 Å². The van der Waals surface area contributed by atoms with Gasteiger partial charge in [0.2, 0.25) is 5.91 Å². The number of morpholine rings is 1. The van der Waals surface area contributed by atoms with Crippen LogP contribution in [0.5, 0.6) is 0 Å². The molecule has 1 aliphatic heterocycles. The third-order valence-electron chi connectivity index (χ3n) is 4.58. The van der Waals surface area contributed by atoms with E-state index in [4.69, 9.17) is 10.5 Å². The van der Waals surface area contributed by atoms with Gasteiger partial charge in [0.25, 0.3) is 0 Å². The summed E-state index contributed by atoms with van der Waals surface area (Å²) in [6.45, 7) is 7.61. The van der Waals surface area contributed by atoms with Crippen LogP contribution in [0.4, 0.5) is 0 Å². The van der Waals surface area contributed by atoms with Gasteiger partial charge in [0, 0.05) is 25.0 Å². The second-order valence-electron chi connectivity index (χ2n) is 6.48. The zero-order valence-electron chi connectivity index (χ0n) is 12.5. The van der Waals surface area contributed by atoms with Gasteiger partial charge in [-0.25, -0.2) is 0 Å². The first kappa shape index (κ1) is 14.8. The van der Waals surface area contributed by atoms with Crippen LogP contribution in [0, 0.1) is 11.8 Å². The van der Waals surface area contributed by atoms with E-state index in [9.17, 15) is 4.79 Å². The summed E-state index contributed by atoms with van der Waals surface area (Å²) >= 11 is 0. The first-order chi connectivity index (χ1) is 8.97. The summed E-state index contributed by atoms with van der Waals surface area (Å²) in [5.41, 5.74) is 6.04. The Kier molecular flexibility index (Phi) is 4.85. The highest BCUT2D eigenvalue weighted by atomic mass is 16.5. The lowest BCUT2D eigenvalue weighted by atomic mass is 9.78. The molecule has 0 bridgehead atoms. The molecule has 4 nitrogen and oxygen atoms in total. The number of carbonyl (C=O) groups is 1. The van der Waals surface area contributed by atoms with Crippen molar-refractivity contribution < 1.29 is 9.53 Å². The lowest BCUT2D eigenvalue weighted by molar-refractivity contribution is -0.149. The molecule has 0 aromatic carbocycles. The quantitative estimate of drug-likeness (QED) is 0.830. The Hall–Kier alpha value is -0.610. The number of ether oxygens (including phenoxy) is 1. The topological polar surface area (TPSA) is 55.6 Å². The van der Waals surface area contributed by atoms with Crippen molar-refractivity contribution in [2.75, 3.05) is 13.1 Å². The van der Waals surface area contributed by atoms with Crippen molar-refractivity contribution in [2.24, 2.45) is 17.6 Å². The minimum Gasteiger partial charge on any atom is -0.372 e. The minimum atomic E-state index is 0.101. The fraction of sp³-hybridized carbons (Fsp3) is 0.933. The maximum atomic E-state index is 12.6. The van der Waals surface area contributed by atoms with Crippen molar-refractivity contribution in [3.63, 3.8) is 0 Å². The monoisotopic (exact) mass is 268 g/mol. The predicted octanol–water partition coefficient (Wildman–Crippen LogP) is 1.78. The van der Waals surface area contributed by atoms with Crippen LogP contribution < -0.4 is 5.73 Å². The first-order valence-electron chi connectivity index (χ1n) is 7.67. The van der Waals surface area contributed by atoms with E-state index in [0.717, 1.165) is 32.4 Å². The molecular weight excluding hydrogens is 240 g/mol. The molecule has 2 fully saturated rings. The van der Waals surface area contributed by atoms with Gasteiger partial charge in [-0.1, -0.05) is 13.3 Å². The van der Waals surface area contributed by atoms with E-state index in [-0.39, 0.29) is 24.2 Å². The molecule has 4 heteroatoms. The molecule has 0 aromatic rings. The average Bonchev–Trinajstić information content (AvgIpc) is 2.36. The SMILES string of the molecule is CC(C(=O)N1C[C@@H](C)O[C@@H](C)C1)C1CCCC(N)C1. The number of hydrogen-bond acceptors (Lipinski definition) is 3. The Morgan fingerprint density at radius 1 is 1.26 bits per heavy atom. The van der Waals surface area contributed by atoms with Crippen LogP contribution in [0.2, 0.25) is 0 Å². The third-order valence-corrected chi connectivity index (χ3v) is 4.58. The van der Waals surface area contributed by atoms with Crippen molar-refractivity contribution in [2.45, 2.75) is 64.7 Å². The highest BCUT2D eigenvalue weighted by molar-refractivity contribution is 5.79. The summed E-state index contributed by atoms with van der Waals surface area (Å²) in [6, 6.07) is 0.288. The summed E-state index contributed by atoms with van der Waals surface area (Å²) in [4.78, 5) is 14.6. The van der Waals surface area contributed by atoms with Gasteiger partial charge < -0.3 is 15.4 Å². The van der Waals surface area contributed by atoms with E-state index in [1.807, 2.05) is 18.7 Å². The number of nitrogens with two attached hydrogens (primary N) is 1. The molecular formula is C15H28N2O2. The van der Waals surface area contributed by atoms with Crippen molar-refractivity contribution in [3.05, 3.63) is 0 Å². The molecule has 1 saturated heterocycles. The van der Waals surface area contributed by atoms with Crippen molar-refractivity contribution in [1.82, 2.24) is 4.90 Å². The molecule has 0 spiro atoms. The van der Waals surface area contributed by atoms with E-state index < -0.39 is 0 Å². The molecule has 2 N–H and O–H groups in total. The summed E-state index contributed by atoms with van der Waals surface area (Å²) in [5, 5.41) is 0. The maximum Gasteiger partial charge on any atom is 0.225 e. The summed E-state index contributed by atoms with van der Waals surface area (Å²) in [6.07, 6.45) is 4.72. The van der Waals surface area contributed by atoms with Crippen LogP contribution in [-0.4, -0.2) is 42.1 Å². The Labute approximate surface area is 116 Å². The zero-order chi connectivity index (χ0) is 14.0. The molecule has 5 atom stereocenters. The Balaban J connectivity index is 1.94. The molecule has 2 aliphatic rings. The van der Waals surface area contributed by atoms with Gasteiger partial charge in [-0.05, 0) is 39.0 Å². The van der Waals surface area contributed by atoms with E-state index in [2.05, 4.69) is 6.92 Å². The summed E-state index contributed by atoms with van der Waals surface area (Å²) in [7, 11) is 0. The van der Waals surface area contributed by atoms with Crippen LogP contribution in [0.25, 0.3) is 0 Å². The smallest absolute Gasteiger partial charge is 0.225 e. The Morgan fingerprint density at radius 3 is 2.47 bits per heavy atom. The molecule has 1 heterocycles. The normalized spacial score (nSPS) is 38.0. The van der Waals surface area contributed by atoms with Gasteiger partial charge in [0.1, 0.15) is 0 Å². The van der Waals surface area contributed by atoms with Crippen LogP contribution in [-0.2, 0) is 9.53 Å². The number of nitrogens with zero attached hydrogens (tertiary/aromatic N) is 1. The molecule has 1 aliphatic carbocycles. The van der Waals surface area contributed by atoms with E-state index in [0.29, 0.717) is 11.8 Å². The molecule has 1 saturated carbocycles. The maximum absolute atomic E-state index is 12.6. The highest BCUT2D eigenvalue weighted by Crippen LogP contribution is 2.31. The fourth-order valence-electron chi connectivity index (χ4n) is 3.57. The first-order valence-corrected chi connectivity index (χ1v) is 7.67. The molecule has 3 unspecified atom stereocenters. The fourth-order valence-corrected chi connectivity index (χ4v) is 3.57. The number of carbonyl (C=O) groups excluding carboxylic acids is 1. The van der Waals surface area contributed by atoms with Gasteiger partial charge in [-0.15, -0.1) is 0 Å². The third kappa shape index (κ3) is 3.69. The van der Waals surface area contributed by atoms with E-state index >= 15 is 0 Å². The van der Waals surface area contributed by atoms with Crippen molar-refractivity contribution >= 4 is 5.91 Å². The van der Waals surface area contributed by atoms with Gasteiger partial charge in [0.05, 0.1) is 12.2 Å². The standard InChI is InChI=1S/C15H28N2O2/c1-10-8-17(9-11(2)19-10)15(18)12(3)13-5-4-6-14(16)7-13/h10-14H,4-9,16H2,1-3H3/t10-,11+,12?,13?,14?. The minimum absolute atomic E-state index is 0.101. The molecule has 0 aromatic heterocycles. The highest BCUT2D eigenvalue weighted by Gasteiger charge is 2.34. The Morgan fingerprint density at radius 2 is 1.89 bits per heavy atom. The molecule has 2 rings (SSSR count). The second-order valence-corrected chi connectivity index (χ2v) is 6.48. The van der Waals surface area contributed by atoms with Gasteiger partial charge in [-0.2, -0.15) is 0 Å². The Bertz CT molecular complexity index is 311. The molecule has 19 heavy (non-hydrogen) atoms. The second kappa shape index (κ2) is 6.23. The molecule has 0 radical (unpaired) electrons. The zero-order valence-corrected chi connectivity index (χ0v) is 12.5. The lowest BCUT2D eigenvalue weighted by Gasteiger charge is -2.39. The number of amides is 1. The van der Waals surface area contributed by atoms with Crippen LogP contribution >= 0.6 is 0 Å². The van der Waals surface area contributed by atoms with Gasteiger partial charge in [0.15, 0.2) is 0 Å². The lowest BCUT2D eigenvalue weighted by Crippen LogP contribution is -2.51. The molecule has 1 amide bonds. The van der Waals surface area contributed by atoms with Crippen LogP contribution in [0.15, 0.2) is 0 Å². The van der Waals surface area contributed by atoms with E-state index in [1.54, 1.807) is 0 Å². The average molecular weight is 268 g/mol. The molecule has 110 valence electrons.